The topological polar surface area (TPSA) is 168 Å². The minimum Gasteiger partial charge on any atom is -0.870 e. The molecule has 2 unspecified atom stereocenters. The molecule has 0 radical (unpaired) electrons. The minimum absolute atomic E-state index is 0. The smallest absolute Gasteiger partial charge is 0.870 e. The van der Waals surface area contributed by atoms with Crippen molar-refractivity contribution in [2.45, 2.75) is 83.7 Å². The number of hydrogen-bond donors (Lipinski definition) is 1. The van der Waals surface area contributed by atoms with Gasteiger partial charge in [-0.25, -0.2) is 9.59 Å². The number of fused-ring (bicyclic) bond motifs is 2. The first kappa shape index (κ1) is 101. The van der Waals surface area contributed by atoms with Crippen molar-refractivity contribution in [3.63, 3.8) is 0 Å². The van der Waals surface area contributed by atoms with Gasteiger partial charge in [-0.3, -0.25) is 9.80 Å². The zero-order valence-electron chi connectivity index (χ0n) is 54.0. The van der Waals surface area contributed by atoms with Gasteiger partial charge in [0, 0.05) is 147 Å². The maximum absolute atomic E-state index is 12.2. The van der Waals surface area contributed by atoms with Gasteiger partial charge in [0.1, 0.15) is 22.9 Å². The molecular formula is C60H67Cl4I23LiN8O7-. The average Bonchev–Trinajstić information content (AvgIpc) is 1.66. The number of aromatic nitrogens is 4. The number of carboxylic acids is 1. The second kappa shape index (κ2) is 48.7. The number of halogens is 27. The van der Waals surface area contributed by atoms with Gasteiger partial charge < -0.3 is 43.3 Å². The van der Waals surface area contributed by atoms with Crippen LogP contribution in [0, 0.1) is 0 Å². The van der Waals surface area contributed by atoms with Crippen LogP contribution in [0.1, 0.15) is 102 Å². The van der Waals surface area contributed by atoms with Crippen LogP contribution in [0.3, 0.4) is 0 Å². The van der Waals surface area contributed by atoms with Crippen molar-refractivity contribution in [2.75, 3.05) is 69.3 Å². The number of aryl methyl sites for hydroxylation is 2. The zero-order chi connectivity index (χ0) is 72.3. The summed E-state index contributed by atoms with van der Waals surface area (Å²) in [5.74, 6) is 1.65. The fraction of sp³-hybridized carbons (Fsp3) is 0.400. The Hall–Kier alpha value is 11.3. The van der Waals surface area contributed by atoms with Crippen molar-refractivity contribution in [1.82, 2.24) is 29.2 Å². The molecule has 4 fully saturated rings. The summed E-state index contributed by atoms with van der Waals surface area (Å²) in [6, 6.07) is 24.0. The van der Waals surface area contributed by atoms with E-state index in [4.69, 9.17) is 60.2 Å². The molecule has 4 aliphatic rings. The Labute approximate surface area is 795 Å². The summed E-state index contributed by atoms with van der Waals surface area (Å²) in [6.45, 7) is 11.9. The van der Waals surface area contributed by atoms with E-state index < -0.39 is 69.1 Å². The van der Waals surface area contributed by atoms with Crippen molar-refractivity contribution < 1.29 is 66.1 Å². The first-order valence-corrected chi connectivity index (χ1v) is 169. The van der Waals surface area contributed by atoms with E-state index >= 15 is 0 Å². The molecule has 8 aromatic rings. The van der Waals surface area contributed by atoms with Gasteiger partial charge in [-0.2, -0.15) is 0 Å². The summed E-state index contributed by atoms with van der Waals surface area (Å²) in [5, 5.41) is 22.5. The van der Waals surface area contributed by atoms with Crippen LogP contribution in [0.4, 0.5) is 11.4 Å². The molecule has 2 saturated carbocycles. The number of carboxylic acid groups (broad SMARTS) is 1. The second-order valence-corrected chi connectivity index (χ2v) is 528. The predicted molar refractivity (Wildman–Crippen MR) is 623 cm³/mol. The van der Waals surface area contributed by atoms with Gasteiger partial charge >= 0.3 is 346 Å². The average molecular weight is 4080 g/mol. The number of nitrogens with zero attached hydrogens (tertiary/aromatic N) is 8. The molecule has 4 aromatic heterocycles. The van der Waals surface area contributed by atoms with Crippen molar-refractivity contribution in [3.05, 3.63) is 139 Å². The summed E-state index contributed by atoms with van der Waals surface area (Å²) in [6.07, 6.45) is 9.70. The number of esters is 1. The fourth-order valence-corrected chi connectivity index (χ4v) is 3580. The zero-order valence-corrected chi connectivity index (χ0v) is 107. The van der Waals surface area contributed by atoms with Crippen LogP contribution >= 0.6 is 349 Å². The Morgan fingerprint density at radius 2 is 0.922 bits per heavy atom. The molecule has 580 valence electrons. The third kappa shape index (κ3) is 26.7. The largest absolute Gasteiger partial charge is 1.00 e. The Balaban J connectivity index is 0.000000221. The molecular weight excluding hydrogens is 4010 g/mol. The van der Waals surface area contributed by atoms with Gasteiger partial charge in [-0.1, -0.05) is 76.3 Å². The number of carbonyl (C=O) groups is 2. The summed E-state index contributed by atoms with van der Waals surface area (Å²) in [4.78, 5) is 33.6. The molecule has 43 heteroatoms. The molecule has 6 heterocycles. The van der Waals surface area contributed by atoms with Gasteiger partial charge in [0.15, 0.2) is 0 Å². The van der Waals surface area contributed by atoms with Crippen LogP contribution in [-0.4, -0.2) is 123 Å². The number of piperazine rings is 2. The fourth-order valence-electron chi connectivity index (χ4n) is 11.7. The van der Waals surface area contributed by atoms with Crippen LogP contribution in [0.2, 0.25) is 20.1 Å². The summed E-state index contributed by atoms with van der Waals surface area (Å²) >= 11 is 63.8. The van der Waals surface area contributed by atoms with Crippen LogP contribution in [-0.2, 0) is 31.7 Å². The molecule has 15 nitrogen and oxygen atoms in total. The molecule has 2 aliphatic heterocycles. The summed E-state index contributed by atoms with van der Waals surface area (Å²) < 4.78 is 20.6. The van der Waals surface area contributed by atoms with E-state index in [1.165, 1.54) is 7.11 Å². The van der Waals surface area contributed by atoms with Crippen LogP contribution < -0.4 is 41.9 Å². The van der Waals surface area contributed by atoms with Crippen LogP contribution in [0.15, 0.2) is 94.2 Å². The summed E-state index contributed by atoms with van der Waals surface area (Å²) in [5.41, 5.74) is 10.5. The maximum atomic E-state index is 12.2. The molecule has 2 saturated heterocycles. The van der Waals surface area contributed by atoms with Crippen LogP contribution in [0.25, 0.3) is 44.3 Å². The van der Waals surface area contributed by atoms with Gasteiger partial charge in [0.25, 0.3) is 0 Å². The number of aromatic carboxylic acids is 1. The van der Waals surface area contributed by atoms with E-state index in [0.29, 0.717) is 68.4 Å². The van der Waals surface area contributed by atoms with Crippen LogP contribution in [0.5, 0.6) is 0 Å². The van der Waals surface area contributed by atoms with Crippen molar-refractivity contribution in [3.8, 4) is 22.5 Å². The van der Waals surface area contributed by atoms with Gasteiger partial charge in [0.05, 0.1) is 49.4 Å². The number of benzene rings is 4. The first-order chi connectivity index (χ1) is 47.6. The third-order valence-electron chi connectivity index (χ3n) is 16.9. The molecule has 2 atom stereocenters. The Kier molecular flexibility index (Phi) is 48.0. The molecule has 103 heavy (non-hydrogen) atoms. The standard InChI is InChI=1S/C30H32Cl2N4O3.C29H30Cl2N4O3.CH4.I23.Li.H2O/c1-18(15-22-28(33-39-29(22)19-7-8-19)27-24(31)5-4-6-25(27)32)35-11-13-36(14-12-35)20-9-10-21-23(30(37)38-3)17-34(2)26(21)16-20;1-17(14-21-27(32-38-28(21)18-6-7-18)26-23(30)4-3-5-24(26)31)34-10-12-35(13-11-34)19-8-9-20-22(29(36)37)16-33(2)25(20)15-19;;1-13-15(4)17(6)19(8)21(10)23(12)22(11)20(9)18(7)16(5)14(2)3;;/h4-6,9-10,16-19H,7-8,11-15H2,1-3H3;3-5,8-9,15-18H,6-7,10-14H2,1-2H3,(H,36,37);1H4;;;1H2/q;;;-1;+1;/p-1. The minimum atomic E-state index is -0.899. The summed E-state index contributed by atoms with van der Waals surface area (Å²) in [7, 11) is 1.22. The number of anilines is 2. The molecule has 4 aromatic carbocycles. The molecule has 2 aliphatic carbocycles. The van der Waals surface area contributed by atoms with Gasteiger partial charge in [-0.05, 0) is 113 Å². The van der Waals surface area contributed by atoms with Crippen molar-refractivity contribution >= 4 is 394 Å². The van der Waals surface area contributed by atoms with Crippen molar-refractivity contribution in [1.29, 1.82) is 0 Å². The Morgan fingerprint density at radius 3 is 1.26 bits per heavy atom. The molecule has 2 N–H and O–H groups in total. The Bertz CT molecular complexity index is 4140. The second-order valence-electron chi connectivity index (χ2n) is 22.8. The maximum Gasteiger partial charge on any atom is 1.00 e. The van der Waals surface area contributed by atoms with E-state index in [9.17, 15) is 14.7 Å². The molecule has 12 rings (SSSR count). The third-order valence-corrected chi connectivity index (χ3v) is 1590. The predicted octanol–water partition coefficient (Wildman–Crippen LogP) is 27.0. The van der Waals surface area contributed by atoms with E-state index in [0.717, 1.165) is 169 Å². The van der Waals surface area contributed by atoms with E-state index in [1.54, 1.807) is 6.20 Å². The van der Waals surface area contributed by atoms with Crippen molar-refractivity contribution in [2.24, 2.45) is 14.1 Å². The number of methoxy groups -OCH3 is 1. The van der Waals surface area contributed by atoms with Gasteiger partial charge in [-0.15, -0.1) is 0 Å². The van der Waals surface area contributed by atoms with Gasteiger partial charge in [0.2, 0.25) is 0 Å². The normalized spacial score (nSPS) is 16.9. The van der Waals surface area contributed by atoms with E-state index in [-0.39, 0.29) is 53.5 Å². The molecule has 0 spiro atoms. The Morgan fingerprint density at radius 1 is 0.573 bits per heavy atom. The molecule has 0 bridgehead atoms. The SMILES string of the molecule is C.CC(Cc1c(-c2c(Cl)cccc2Cl)noc1C1CC1)N1CCN(c2ccc3c(C(=O)O)cn(C)c3c2)CC1.COC(=O)c1cn(C)c2cc(N3CCN(C(C)Cc4c(-c5c(Cl)cccc5Cl)noc4C4CC4)CC3)ccc12.I[I-]I(I)I(I)I(I)I(I)I(I)I(I)I(I)I(I)I(I)I(I)I.[Li+].[OH-]. The van der Waals surface area contributed by atoms with E-state index in [1.807, 2.05) is 84.0 Å². The number of hydrogen-bond acceptors (Lipinski definition) is 12. The van der Waals surface area contributed by atoms with E-state index in [2.05, 4.69) is 285 Å². The monoisotopic (exact) mass is 4080 g/mol. The number of carbonyl (C=O) groups excluding carboxylic acids is 1. The first-order valence-electron chi connectivity index (χ1n) is 29.6. The molecule has 0 amide bonds. The number of ether oxygens (including phenoxy) is 1. The number of rotatable bonds is 24. The quantitative estimate of drug-likeness (QED) is 0.0345.